The average Bonchev–Trinajstić information content (AvgIpc) is 2.62. The second-order valence-electron chi connectivity index (χ2n) is 6.58. The Kier molecular flexibility index (Phi) is 4.99. The maximum absolute atomic E-state index is 13.0. The Morgan fingerprint density at radius 2 is 1.57 bits per heavy atom. The van der Waals surface area contributed by atoms with E-state index in [1.807, 2.05) is 30.3 Å². The molecule has 0 atom stereocenters. The van der Waals surface area contributed by atoms with E-state index in [0.717, 1.165) is 5.56 Å². The average molecular weight is 319 g/mol. The second kappa shape index (κ2) is 6.99. The molecule has 126 valence electrons. The van der Waals surface area contributed by atoms with Gasteiger partial charge >= 0.3 is 0 Å². The molecule has 1 amide bonds. The monoisotopic (exact) mass is 319 g/mol. The van der Waals surface area contributed by atoms with E-state index in [4.69, 9.17) is 9.47 Å². The van der Waals surface area contributed by atoms with Crippen LogP contribution in [0.15, 0.2) is 30.3 Å². The fourth-order valence-electron chi connectivity index (χ4n) is 3.47. The molecule has 0 bridgehead atoms. The van der Waals surface area contributed by atoms with E-state index in [2.05, 4.69) is 5.32 Å². The Labute approximate surface area is 137 Å². The van der Waals surface area contributed by atoms with Crippen LogP contribution in [0.2, 0.25) is 0 Å². The summed E-state index contributed by atoms with van der Waals surface area (Å²) in [5.41, 5.74) is -0.377. The van der Waals surface area contributed by atoms with Crippen LogP contribution < -0.4 is 5.32 Å². The highest BCUT2D eigenvalue weighted by atomic mass is 16.5. The van der Waals surface area contributed by atoms with Crippen LogP contribution >= 0.6 is 0 Å². The highest BCUT2D eigenvalue weighted by Gasteiger charge is 2.42. The molecule has 0 unspecified atom stereocenters. The van der Waals surface area contributed by atoms with Gasteiger partial charge in [-0.05, 0) is 18.4 Å². The lowest BCUT2D eigenvalue weighted by Crippen LogP contribution is -2.53. The van der Waals surface area contributed by atoms with Crippen molar-refractivity contribution in [1.29, 1.82) is 0 Å². The van der Waals surface area contributed by atoms with Gasteiger partial charge in [-0.3, -0.25) is 4.79 Å². The van der Waals surface area contributed by atoms with Gasteiger partial charge in [0.15, 0.2) is 0 Å². The Balaban J connectivity index is 1.73. The summed E-state index contributed by atoms with van der Waals surface area (Å²) in [6.07, 6.45) is 2.47. The molecule has 0 radical (unpaired) electrons. The quantitative estimate of drug-likeness (QED) is 0.880. The SMILES string of the molecule is O=C(NCC1(O)CCOCC1)C1(c2ccccc2)CCOCC1. The standard InChI is InChI=1S/C18H25NO4/c20-16(19-14-17(21)6-10-22-11-7-17)18(8-12-23-13-9-18)15-4-2-1-3-5-15/h1-5,21H,6-14H2,(H,19,20). The van der Waals surface area contributed by atoms with Gasteiger partial charge in [0, 0.05) is 45.8 Å². The van der Waals surface area contributed by atoms with E-state index < -0.39 is 11.0 Å². The summed E-state index contributed by atoms with van der Waals surface area (Å²) in [6, 6.07) is 9.90. The molecule has 1 aromatic carbocycles. The van der Waals surface area contributed by atoms with Crippen LogP contribution in [0.1, 0.15) is 31.2 Å². The third kappa shape index (κ3) is 3.57. The Bertz CT molecular complexity index is 519. The van der Waals surface area contributed by atoms with Gasteiger partial charge in [0.1, 0.15) is 0 Å². The number of rotatable bonds is 4. The van der Waals surface area contributed by atoms with Gasteiger partial charge < -0.3 is 19.9 Å². The molecule has 0 spiro atoms. The lowest BCUT2D eigenvalue weighted by atomic mass is 9.73. The molecular formula is C18H25NO4. The van der Waals surface area contributed by atoms with Crippen LogP contribution in [0, 0.1) is 0 Å². The topological polar surface area (TPSA) is 67.8 Å². The number of ether oxygens (including phenoxy) is 2. The zero-order chi connectivity index (χ0) is 16.2. The van der Waals surface area contributed by atoms with E-state index in [-0.39, 0.29) is 12.5 Å². The number of amides is 1. The number of carbonyl (C=O) groups excluding carboxylic acids is 1. The number of aliphatic hydroxyl groups is 1. The van der Waals surface area contributed by atoms with Crippen LogP contribution in [0.4, 0.5) is 0 Å². The summed E-state index contributed by atoms with van der Waals surface area (Å²) in [6.45, 7) is 2.54. The van der Waals surface area contributed by atoms with Crippen molar-refractivity contribution in [2.45, 2.75) is 36.7 Å². The lowest BCUT2D eigenvalue weighted by Gasteiger charge is -2.38. The molecule has 2 saturated heterocycles. The summed E-state index contributed by atoms with van der Waals surface area (Å²) < 4.78 is 10.8. The summed E-state index contributed by atoms with van der Waals surface area (Å²) in [5, 5.41) is 13.6. The molecule has 3 rings (SSSR count). The van der Waals surface area contributed by atoms with Crippen molar-refractivity contribution in [3.8, 4) is 0 Å². The van der Waals surface area contributed by atoms with E-state index in [0.29, 0.717) is 52.1 Å². The number of nitrogens with one attached hydrogen (secondary N) is 1. The van der Waals surface area contributed by atoms with Gasteiger partial charge in [-0.1, -0.05) is 30.3 Å². The predicted octanol–water partition coefficient (Wildman–Crippen LogP) is 1.39. The molecule has 2 heterocycles. The second-order valence-corrected chi connectivity index (χ2v) is 6.58. The van der Waals surface area contributed by atoms with Crippen LogP contribution in [-0.4, -0.2) is 49.6 Å². The van der Waals surface area contributed by atoms with Crippen molar-refractivity contribution >= 4 is 5.91 Å². The first-order valence-electron chi connectivity index (χ1n) is 8.36. The van der Waals surface area contributed by atoms with Crippen LogP contribution in [0.25, 0.3) is 0 Å². The number of carbonyl (C=O) groups is 1. The highest BCUT2D eigenvalue weighted by Crippen LogP contribution is 2.35. The Morgan fingerprint density at radius 3 is 2.17 bits per heavy atom. The zero-order valence-corrected chi connectivity index (χ0v) is 13.4. The van der Waals surface area contributed by atoms with Gasteiger partial charge in [0.25, 0.3) is 0 Å². The maximum Gasteiger partial charge on any atom is 0.230 e. The fraction of sp³-hybridized carbons (Fsp3) is 0.611. The molecular weight excluding hydrogens is 294 g/mol. The molecule has 5 heteroatoms. The minimum Gasteiger partial charge on any atom is -0.388 e. The molecule has 1 aromatic rings. The minimum atomic E-state index is -0.850. The molecule has 23 heavy (non-hydrogen) atoms. The maximum atomic E-state index is 13.0. The minimum absolute atomic E-state index is 0.00748. The van der Waals surface area contributed by atoms with Crippen LogP contribution in [-0.2, 0) is 19.7 Å². The third-order valence-corrected chi connectivity index (χ3v) is 5.11. The largest absolute Gasteiger partial charge is 0.388 e. The fourth-order valence-corrected chi connectivity index (χ4v) is 3.47. The van der Waals surface area contributed by atoms with Crippen LogP contribution in [0.3, 0.4) is 0 Å². The molecule has 0 aromatic heterocycles. The Hall–Kier alpha value is -1.43. The smallest absolute Gasteiger partial charge is 0.230 e. The molecule has 2 N–H and O–H groups in total. The molecule has 0 aliphatic carbocycles. The molecule has 0 saturated carbocycles. The third-order valence-electron chi connectivity index (χ3n) is 5.11. The van der Waals surface area contributed by atoms with Crippen molar-refractivity contribution in [2.24, 2.45) is 0 Å². The Morgan fingerprint density at radius 1 is 1.00 bits per heavy atom. The first-order chi connectivity index (χ1) is 11.1. The van der Waals surface area contributed by atoms with Gasteiger partial charge in [0.05, 0.1) is 11.0 Å². The summed E-state index contributed by atoms with van der Waals surface area (Å²) >= 11 is 0. The van der Waals surface area contributed by atoms with E-state index in [9.17, 15) is 9.90 Å². The number of hydrogen-bond donors (Lipinski definition) is 2. The summed E-state index contributed by atoms with van der Waals surface area (Å²) in [7, 11) is 0. The zero-order valence-electron chi connectivity index (χ0n) is 13.4. The van der Waals surface area contributed by atoms with Crippen LogP contribution in [0.5, 0.6) is 0 Å². The first kappa shape index (κ1) is 16.4. The molecule has 5 nitrogen and oxygen atoms in total. The molecule has 2 fully saturated rings. The normalized spacial score (nSPS) is 23.2. The number of benzene rings is 1. The number of hydrogen-bond acceptors (Lipinski definition) is 4. The summed E-state index contributed by atoms with van der Waals surface area (Å²) in [5.74, 6) is -0.00748. The van der Waals surface area contributed by atoms with Gasteiger partial charge in [-0.15, -0.1) is 0 Å². The van der Waals surface area contributed by atoms with Crippen molar-refractivity contribution in [3.05, 3.63) is 35.9 Å². The highest BCUT2D eigenvalue weighted by molar-refractivity contribution is 5.88. The van der Waals surface area contributed by atoms with Crippen molar-refractivity contribution in [1.82, 2.24) is 5.32 Å². The van der Waals surface area contributed by atoms with Crippen molar-refractivity contribution in [3.63, 3.8) is 0 Å². The molecule has 2 aliphatic heterocycles. The van der Waals surface area contributed by atoms with E-state index >= 15 is 0 Å². The van der Waals surface area contributed by atoms with Crippen molar-refractivity contribution < 1.29 is 19.4 Å². The lowest BCUT2D eigenvalue weighted by molar-refractivity contribution is -0.133. The van der Waals surface area contributed by atoms with Gasteiger partial charge in [-0.25, -0.2) is 0 Å². The van der Waals surface area contributed by atoms with E-state index in [1.54, 1.807) is 0 Å². The van der Waals surface area contributed by atoms with E-state index in [1.165, 1.54) is 0 Å². The predicted molar refractivity (Wildman–Crippen MR) is 86.2 cm³/mol. The first-order valence-corrected chi connectivity index (χ1v) is 8.36. The van der Waals surface area contributed by atoms with Gasteiger partial charge in [-0.2, -0.15) is 0 Å². The molecule has 2 aliphatic rings. The van der Waals surface area contributed by atoms with Crippen molar-refractivity contribution in [2.75, 3.05) is 33.0 Å². The van der Waals surface area contributed by atoms with Gasteiger partial charge in [0.2, 0.25) is 5.91 Å². The summed E-state index contributed by atoms with van der Waals surface area (Å²) in [4.78, 5) is 13.0.